The standard InChI is InChI=1S/C21H25FN2O2S/c1-15-7-10-20(16-5-3-2-4-6-16)27(25,26)24(15)14-17-8-9-18(13-19(17)22)21(23)11-12-21/h2-6,8-9,13,15,20H,7,10-12,14,23H2,1H3/t15-,20+/m0/s1. The smallest absolute Gasteiger partial charge is 0.221 e. The molecule has 4 rings (SSSR count). The lowest BCUT2D eigenvalue weighted by Crippen LogP contribution is -2.44. The van der Waals surface area contributed by atoms with Crippen molar-refractivity contribution in [2.24, 2.45) is 5.73 Å². The van der Waals surface area contributed by atoms with Gasteiger partial charge < -0.3 is 5.73 Å². The summed E-state index contributed by atoms with van der Waals surface area (Å²) in [4.78, 5) is 0. The molecule has 2 aromatic rings. The van der Waals surface area contributed by atoms with Gasteiger partial charge in [-0.15, -0.1) is 0 Å². The fraction of sp³-hybridized carbons (Fsp3) is 0.429. The number of halogens is 1. The molecule has 2 N–H and O–H groups in total. The van der Waals surface area contributed by atoms with E-state index < -0.39 is 20.8 Å². The SMILES string of the molecule is C[C@H]1CC[C@H](c2ccccc2)S(=O)(=O)N1Cc1ccc(C2(N)CC2)cc1F. The van der Waals surface area contributed by atoms with Crippen LogP contribution in [0.3, 0.4) is 0 Å². The van der Waals surface area contributed by atoms with Crippen molar-refractivity contribution >= 4 is 10.0 Å². The quantitative estimate of drug-likeness (QED) is 0.866. The number of nitrogens with two attached hydrogens (primary N) is 1. The normalized spacial score (nSPS) is 26.6. The van der Waals surface area contributed by atoms with Gasteiger partial charge in [-0.1, -0.05) is 42.5 Å². The Kier molecular flexibility index (Phi) is 4.61. The van der Waals surface area contributed by atoms with Crippen molar-refractivity contribution in [1.82, 2.24) is 4.31 Å². The summed E-state index contributed by atoms with van der Waals surface area (Å²) in [5, 5.41) is -0.573. The Balaban J connectivity index is 1.62. The first-order valence-electron chi connectivity index (χ1n) is 9.45. The zero-order chi connectivity index (χ0) is 19.2. The van der Waals surface area contributed by atoms with Crippen LogP contribution < -0.4 is 5.73 Å². The summed E-state index contributed by atoms with van der Waals surface area (Å²) in [5.74, 6) is -0.381. The lowest BCUT2D eigenvalue weighted by molar-refractivity contribution is 0.279. The molecule has 6 heteroatoms. The van der Waals surface area contributed by atoms with Crippen LogP contribution in [0.15, 0.2) is 48.5 Å². The second-order valence-corrected chi connectivity index (χ2v) is 9.95. The number of hydrogen-bond acceptors (Lipinski definition) is 3. The third kappa shape index (κ3) is 3.42. The van der Waals surface area contributed by atoms with Crippen LogP contribution >= 0.6 is 0 Å². The van der Waals surface area contributed by atoms with Crippen LogP contribution in [-0.4, -0.2) is 18.8 Å². The molecule has 1 heterocycles. The van der Waals surface area contributed by atoms with Gasteiger partial charge in [0.05, 0.1) is 0 Å². The van der Waals surface area contributed by atoms with Crippen molar-refractivity contribution in [3.63, 3.8) is 0 Å². The highest BCUT2D eigenvalue weighted by atomic mass is 32.2. The first kappa shape index (κ1) is 18.6. The molecule has 0 aromatic heterocycles. The third-order valence-corrected chi connectivity index (χ3v) is 8.31. The Morgan fingerprint density at radius 2 is 1.85 bits per heavy atom. The minimum Gasteiger partial charge on any atom is -0.321 e. The van der Waals surface area contributed by atoms with Crippen LogP contribution in [0.5, 0.6) is 0 Å². The predicted octanol–water partition coefficient (Wildman–Crippen LogP) is 3.83. The Bertz CT molecular complexity index is 942. The van der Waals surface area contributed by atoms with Crippen LogP contribution in [0.2, 0.25) is 0 Å². The van der Waals surface area contributed by atoms with E-state index in [0.717, 1.165) is 30.4 Å². The monoisotopic (exact) mass is 388 g/mol. The van der Waals surface area contributed by atoms with Crippen LogP contribution in [0.4, 0.5) is 4.39 Å². The van der Waals surface area contributed by atoms with Gasteiger partial charge in [-0.25, -0.2) is 12.8 Å². The zero-order valence-electron chi connectivity index (χ0n) is 15.4. The molecule has 0 bridgehead atoms. The molecular weight excluding hydrogens is 363 g/mol. The average Bonchev–Trinajstić information content (AvgIpc) is 3.39. The van der Waals surface area contributed by atoms with Gasteiger partial charge in [0, 0.05) is 23.7 Å². The summed E-state index contributed by atoms with van der Waals surface area (Å²) in [7, 11) is -3.57. The van der Waals surface area contributed by atoms with Crippen LogP contribution in [0, 0.1) is 5.82 Å². The second kappa shape index (κ2) is 6.69. The Morgan fingerprint density at radius 1 is 1.15 bits per heavy atom. The average molecular weight is 389 g/mol. The third-order valence-electron chi connectivity index (χ3n) is 5.94. The van der Waals surface area contributed by atoms with E-state index in [2.05, 4.69) is 0 Å². The molecule has 1 aliphatic heterocycles. The molecule has 0 unspecified atom stereocenters. The molecule has 144 valence electrons. The van der Waals surface area contributed by atoms with Gasteiger partial charge in [0.25, 0.3) is 0 Å². The summed E-state index contributed by atoms with van der Waals surface area (Å²) < 4.78 is 42.7. The Morgan fingerprint density at radius 3 is 2.48 bits per heavy atom. The van der Waals surface area contributed by atoms with Gasteiger partial charge in [0.1, 0.15) is 11.1 Å². The molecule has 1 saturated heterocycles. The van der Waals surface area contributed by atoms with Crippen LogP contribution in [-0.2, 0) is 22.1 Å². The van der Waals surface area contributed by atoms with E-state index in [-0.39, 0.29) is 18.4 Å². The number of rotatable bonds is 4. The van der Waals surface area contributed by atoms with E-state index in [9.17, 15) is 12.8 Å². The molecule has 0 amide bonds. The molecule has 1 saturated carbocycles. The molecule has 4 nitrogen and oxygen atoms in total. The molecule has 2 atom stereocenters. The maximum absolute atomic E-state index is 14.7. The largest absolute Gasteiger partial charge is 0.321 e. The first-order chi connectivity index (χ1) is 12.8. The molecule has 0 spiro atoms. The summed E-state index contributed by atoms with van der Waals surface area (Å²) in [6, 6.07) is 14.1. The first-order valence-corrected chi connectivity index (χ1v) is 10.9. The molecule has 0 radical (unpaired) electrons. The minimum atomic E-state index is -3.57. The van der Waals surface area contributed by atoms with Crippen molar-refractivity contribution in [2.45, 2.75) is 56.0 Å². The van der Waals surface area contributed by atoms with E-state index in [4.69, 9.17) is 5.73 Å². The highest BCUT2D eigenvalue weighted by Crippen LogP contribution is 2.43. The number of nitrogens with zero attached hydrogens (tertiary/aromatic N) is 1. The molecule has 2 fully saturated rings. The minimum absolute atomic E-state index is 0.0521. The van der Waals surface area contributed by atoms with Gasteiger partial charge in [0.15, 0.2) is 0 Å². The predicted molar refractivity (Wildman–Crippen MR) is 104 cm³/mol. The fourth-order valence-electron chi connectivity index (χ4n) is 3.93. The second-order valence-electron chi connectivity index (χ2n) is 7.88. The molecular formula is C21H25FN2O2S. The molecule has 1 aliphatic carbocycles. The van der Waals surface area contributed by atoms with Gasteiger partial charge >= 0.3 is 0 Å². The molecule has 2 aliphatic rings. The van der Waals surface area contributed by atoms with Gasteiger partial charge in [-0.05, 0) is 49.8 Å². The van der Waals surface area contributed by atoms with E-state index in [1.165, 1.54) is 10.4 Å². The Labute approximate surface area is 160 Å². The molecule has 2 aromatic carbocycles. The van der Waals surface area contributed by atoms with Gasteiger partial charge in [0.2, 0.25) is 10.0 Å². The van der Waals surface area contributed by atoms with E-state index in [1.54, 1.807) is 6.07 Å². The van der Waals surface area contributed by atoms with Crippen molar-refractivity contribution < 1.29 is 12.8 Å². The van der Waals surface area contributed by atoms with Crippen LogP contribution in [0.1, 0.15) is 54.5 Å². The summed E-state index contributed by atoms with van der Waals surface area (Å²) in [5.41, 5.74) is 7.73. The summed E-state index contributed by atoms with van der Waals surface area (Å²) >= 11 is 0. The van der Waals surface area contributed by atoms with E-state index in [1.807, 2.05) is 43.3 Å². The van der Waals surface area contributed by atoms with Gasteiger partial charge in [-0.2, -0.15) is 4.31 Å². The lowest BCUT2D eigenvalue weighted by Gasteiger charge is -2.37. The Hall–Kier alpha value is -1.76. The van der Waals surface area contributed by atoms with Crippen LogP contribution in [0.25, 0.3) is 0 Å². The zero-order valence-corrected chi connectivity index (χ0v) is 16.3. The lowest BCUT2D eigenvalue weighted by atomic mass is 10.0. The van der Waals surface area contributed by atoms with E-state index in [0.29, 0.717) is 12.0 Å². The van der Waals surface area contributed by atoms with Crippen molar-refractivity contribution in [2.75, 3.05) is 0 Å². The maximum atomic E-state index is 14.7. The highest BCUT2D eigenvalue weighted by Gasteiger charge is 2.42. The maximum Gasteiger partial charge on any atom is 0.221 e. The highest BCUT2D eigenvalue weighted by molar-refractivity contribution is 7.89. The van der Waals surface area contributed by atoms with Crippen molar-refractivity contribution in [3.05, 3.63) is 71.0 Å². The van der Waals surface area contributed by atoms with E-state index >= 15 is 0 Å². The number of hydrogen-bond donors (Lipinski definition) is 1. The van der Waals surface area contributed by atoms with Crippen molar-refractivity contribution in [3.8, 4) is 0 Å². The number of sulfonamides is 1. The topological polar surface area (TPSA) is 63.4 Å². The summed E-state index contributed by atoms with van der Waals surface area (Å²) in [6.07, 6.45) is 3.07. The van der Waals surface area contributed by atoms with Crippen molar-refractivity contribution in [1.29, 1.82) is 0 Å². The van der Waals surface area contributed by atoms with Gasteiger partial charge in [-0.3, -0.25) is 0 Å². The fourth-order valence-corrected chi connectivity index (χ4v) is 6.12. The molecule has 27 heavy (non-hydrogen) atoms. The number of benzene rings is 2. The summed E-state index contributed by atoms with van der Waals surface area (Å²) in [6.45, 7) is 1.95.